The molecule has 0 amide bonds. The van der Waals surface area contributed by atoms with Crippen LogP contribution in [0.5, 0.6) is 0 Å². The van der Waals surface area contributed by atoms with Crippen molar-refractivity contribution < 1.29 is 8.42 Å². The summed E-state index contributed by atoms with van der Waals surface area (Å²) in [6.45, 7) is 1.05. The fourth-order valence-corrected chi connectivity index (χ4v) is 4.20. The number of nitrogens with zero attached hydrogens (tertiary/aromatic N) is 1. The van der Waals surface area contributed by atoms with Gasteiger partial charge in [-0.2, -0.15) is 4.31 Å². The van der Waals surface area contributed by atoms with Crippen LogP contribution in [0.25, 0.3) is 0 Å². The highest BCUT2D eigenvalue weighted by Crippen LogP contribution is 2.21. The van der Waals surface area contributed by atoms with Gasteiger partial charge in [0.1, 0.15) is 0 Å². The van der Waals surface area contributed by atoms with Crippen molar-refractivity contribution in [3.8, 4) is 0 Å². The van der Waals surface area contributed by atoms with Gasteiger partial charge in [0.05, 0.1) is 5.75 Å². The Balaban J connectivity index is 1.99. The van der Waals surface area contributed by atoms with E-state index in [-0.39, 0.29) is 11.8 Å². The van der Waals surface area contributed by atoms with E-state index < -0.39 is 10.0 Å². The third kappa shape index (κ3) is 3.10. The van der Waals surface area contributed by atoms with E-state index in [9.17, 15) is 8.42 Å². The lowest BCUT2D eigenvalue weighted by Gasteiger charge is -2.22. The summed E-state index contributed by atoms with van der Waals surface area (Å²) in [6.07, 6.45) is 2.38. The van der Waals surface area contributed by atoms with Gasteiger partial charge in [0.15, 0.2) is 0 Å². The fourth-order valence-electron chi connectivity index (χ4n) is 2.42. The number of hydrogen-bond donors (Lipinski definition) is 1. The summed E-state index contributed by atoms with van der Waals surface area (Å²) in [5.74, 6) is 0.174. The van der Waals surface area contributed by atoms with Crippen LogP contribution in [0.15, 0.2) is 30.3 Å². The summed E-state index contributed by atoms with van der Waals surface area (Å²) in [6, 6.07) is 9.72. The molecule has 1 fully saturated rings. The third-order valence-corrected chi connectivity index (χ3v) is 5.36. The molecule has 0 saturated carbocycles. The van der Waals surface area contributed by atoms with Gasteiger partial charge in [0.2, 0.25) is 10.0 Å². The number of sulfonamides is 1. The maximum Gasteiger partial charge on any atom is 0.214 e. The Labute approximate surface area is 109 Å². The summed E-state index contributed by atoms with van der Waals surface area (Å²) >= 11 is 0. The number of nitrogens with two attached hydrogens (primary N) is 1. The van der Waals surface area contributed by atoms with Crippen LogP contribution in [-0.2, 0) is 16.4 Å². The van der Waals surface area contributed by atoms with Gasteiger partial charge >= 0.3 is 0 Å². The zero-order chi connectivity index (χ0) is 13.0. The Morgan fingerprint density at radius 1 is 1.28 bits per heavy atom. The van der Waals surface area contributed by atoms with Gasteiger partial charge < -0.3 is 5.73 Å². The van der Waals surface area contributed by atoms with E-state index in [0.717, 1.165) is 18.4 Å². The van der Waals surface area contributed by atoms with Crippen molar-refractivity contribution in [1.82, 2.24) is 4.31 Å². The minimum atomic E-state index is -3.17. The number of rotatable bonds is 5. The number of benzene rings is 1. The second kappa shape index (κ2) is 5.82. The Kier molecular flexibility index (Phi) is 4.37. The highest BCUT2D eigenvalue weighted by atomic mass is 32.2. The molecule has 0 bridgehead atoms. The molecule has 0 aromatic heterocycles. The van der Waals surface area contributed by atoms with Crippen LogP contribution in [0.2, 0.25) is 0 Å². The lowest BCUT2D eigenvalue weighted by Crippen LogP contribution is -2.41. The van der Waals surface area contributed by atoms with Crippen LogP contribution in [0.1, 0.15) is 18.4 Å². The van der Waals surface area contributed by atoms with E-state index in [1.54, 1.807) is 4.31 Å². The van der Waals surface area contributed by atoms with Gasteiger partial charge in [-0.3, -0.25) is 0 Å². The summed E-state index contributed by atoms with van der Waals surface area (Å²) in [7, 11) is -3.17. The minimum absolute atomic E-state index is 0.00535. The Morgan fingerprint density at radius 2 is 2.00 bits per heavy atom. The zero-order valence-electron chi connectivity index (χ0n) is 10.5. The molecule has 1 aliphatic heterocycles. The van der Waals surface area contributed by atoms with Crippen LogP contribution < -0.4 is 5.73 Å². The van der Waals surface area contributed by atoms with Crippen LogP contribution in [0, 0.1) is 0 Å². The minimum Gasteiger partial charge on any atom is -0.329 e. The topological polar surface area (TPSA) is 63.4 Å². The monoisotopic (exact) mass is 268 g/mol. The van der Waals surface area contributed by atoms with Crippen molar-refractivity contribution >= 4 is 10.0 Å². The molecule has 100 valence electrons. The van der Waals surface area contributed by atoms with Crippen molar-refractivity contribution in [2.24, 2.45) is 5.73 Å². The predicted octanol–water partition coefficient (Wildman–Crippen LogP) is 0.982. The predicted molar refractivity (Wildman–Crippen MR) is 72.7 cm³/mol. The summed E-state index contributed by atoms with van der Waals surface area (Å²) in [5.41, 5.74) is 6.68. The van der Waals surface area contributed by atoms with Gasteiger partial charge in [-0.05, 0) is 24.8 Å². The van der Waals surface area contributed by atoms with Crippen molar-refractivity contribution in [2.45, 2.75) is 25.3 Å². The van der Waals surface area contributed by atoms with Crippen LogP contribution in [0.4, 0.5) is 0 Å². The van der Waals surface area contributed by atoms with E-state index in [1.807, 2.05) is 30.3 Å². The highest BCUT2D eigenvalue weighted by molar-refractivity contribution is 7.89. The molecular weight excluding hydrogens is 248 g/mol. The molecule has 1 aromatic rings. The third-order valence-electron chi connectivity index (χ3n) is 3.44. The first-order valence-electron chi connectivity index (χ1n) is 6.37. The second-order valence-electron chi connectivity index (χ2n) is 4.69. The summed E-state index contributed by atoms with van der Waals surface area (Å²) < 4.78 is 26.1. The molecule has 4 nitrogen and oxygen atoms in total. The second-order valence-corrected chi connectivity index (χ2v) is 6.74. The van der Waals surface area contributed by atoms with Crippen molar-refractivity contribution in [3.63, 3.8) is 0 Å². The van der Waals surface area contributed by atoms with Gasteiger partial charge in [-0.15, -0.1) is 0 Å². The molecule has 2 N–H and O–H groups in total. The average molecular weight is 268 g/mol. The first kappa shape index (κ1) is 13.5. The molecule has 1 heterocycles. The van der Waals surface area contributed by atoms with E-state index in [0.29, 0.717) is 19.5 Å². The quantitative estimate of drug-likeness (QED) is 0.866. The van der Waals surface area contributed by atoms with Crippen molar-refractivity contribution in [1.29, 1.82) is 0 Å². The van der Waals surface area contributed by atoms with Crippen molar-refractivity contribution in [2.75, 3.05) is 18.8 Å². The van der Waals surface area contributed by atoms with Gasteiger partial charge in [-0.1, -0.05) is 30.3 Å². The largest absolute Gasteiger partial charge is 0.329 e. The maximum absolute atomic E-state index is 12.2. The van der Waals surface area contributed by atoms with Crippen LogP contribution >= 0.6 is 0 Å². The molecular formula is C13H20N2O2S. The van der Waals surface area contributed by atoms with Gasteiger partial charge in [-0.25, -0.2) is 8.42 Å². The molecule has 1 aromatic carbocycles. The molecule has 1 atom stereocenters. The Morgan fingerprint density at radius 3 is 2.67 bits per heavy atom. The van der Waals surface area contributed by atoms with E-state index in [4.69, 9.17) is 5.73 Å². The number of aryl methyl sites for hydroxylation is 1. The summed E-state index contributed by atoms with van der Waals surface area (Å²) in [5, 5.41) is 0. The fraction of sp³-hybridized carbons (Fsp3) is 0.538. The van der Waals surface area contributed by atoms with E-state index >= 15 is 0 Å². The van der Waals surface area contributed by atoms with E-state index in [1.165, 1.54) is 0 Å². The van der Waals surface area contributed by atoms with Gasteiger partial charge in [0, 0.05) is 19.1 Å². The average Bonchev–Trinajstić information content (AvgIpc) is 2.87. The highest BCUT2D eigenvalue weighted by Gasteiger charge is 2.32. The Hall–Kier alpha value is -0.910. The molecule has 1 unspecified atom stereocenters. The molecule has 2 rings (SSSR count). The van der Waals surface area contributed by atoms with E-state index in [2.05, 4.69) is 0 Å². The zero-order valence-corrected chi connectivity index (χ0v) is 11.3. The lowest BCUT2D eigenvalue weighted by molar-refractivity contribution is 0.393. The Bertz CT molecular complexity index is 473. The first-order valence-corrected chi connectivity index (χ1v) is 7.98. The molecule has 1 aliphatic rings. The normalized spacial score (nSPS) is 21.3. The first-order chi connectivity index (χ1) is 8.63. The van der Waals surface area contributed by atoms with Crippen LogP contribution in [0.3, 0.4) is 0 Å². The lowest BCUT2D eigenvalue weighted by atomic mass is 10.2. The SMILES string of the molecule is NCC1CCCN1S(=O)(=O)CCc1ccccc1. The molecule has 0 spiro atoms. The maximum atomic E-state index is 12.2. The summed E-state index contributed by atoms with van der Waals surface area (Å²) in [4.78, 5) is 0. The standard InChI is InChI=1S/C13H20N2O2S/c14-11-13-7-4-9-15(13)18(16,17)10-8-12-5-2-1-3-6-12/h1-3,5-6,13H,4,7-11,14H2. The van der Waals surface area contributed by atoms with Crippen molar-refractivity contribution in [3.05, 3.63) is 35.9 Å². The molecule has 18 heavy (non-hydrogen) atoms. The molecule has 0 aliphatic carbocycles. The smallest absolute Gasteiger partial charge is 0.214 e. The molecule has 0 radical (unpaired) electrons. The molecule has 1 saturated heterocycles. The van der Waals surface area contributed by atoms with Gasteiger partial charge in [0.25, 0.3) is 0 Å². The van der Waals surface area contributed by atoms with Crippen LogP contribution in [-0.4, -0.2) is 37.6 Å². The molecule has 5 heteroatoms. The number of hydrogen-bond acceptors (Lipinski definition) is 3.